The smallest absolute Gasteiger partial charge is 0.526 e. The summed E-state index contributed by atoms with van der Waals surface area (Å²) in [6.07, 6.45) is 1.32. The van der Waals surface area contributed by atoms with Crippen LogP contribution in [0.4, 0.5) is 4.79 Å². The molecule has 0 saturated heterocycles. The first-order valence-electron chi connectivity index (χ1n) is 10.3. The molecule has 1 N–H and O–H groups in total. The lowest BCUT2D eigenvalue weighted by atomic mass is 9.64. The van der Waals surface area contributed by atoms with Gasteiger partial charge in [-0.1, -0.05) is 25.5 Å². The van der Waals surface area contributed by atoms with E-state index in [1.165, 1.54) is 13.0 Å². The van der Waals surface area contributed by atoms with E-state index in [2.05, 4.69) is 0 Å². The van der Waals surface area contributed by atoms with E-state index in [0.717, 1.165) is 6.42 Å². The molecule has 9 nitrogen and oxygen atoms in total. The summed E-state index contributed by atoms with van der Waals surface area (Å²) >= 11 is 0. The van der Waals surface area contributed by atoms with Gasteiger partial charge in [0.15, 0.2) is 0 Å². The quantitative estimate of drug-likeness (QED) is 0.242. The highest BCUT2D eigenvalue weighted by Crippen LogP contribution is 2.36. The summed E-state index contributed by atoms with van der Waals surface area (Å²) in [5.41, 5.74) is 0.713. The average molecular weight is 434 g/mol. The topological polar surface area (TPSA) is 125 Å². The van der Waals surface area contributed by atoms with Crippen LogP contribution in [0, 0.1) is 0 Å². The van der Waals surface area contributed by atoms with Crippen LogP contribution in [0.1, 0.15) is 61.9 Å². The van der Waals surface area contributed by atoms with Gasteiger partial charge in [-0.05, 0) is 31.4 Å². The van der Waals surface area contributed by atoms with E-state index in [1.807, 2.05) is 6.92 Å². The minimum Gasteiger partial charge on any atom is -0.535 e. The zero-order chi connectivity index (χ0) is 22.8. The van der Waals surface area contributed by atoms with Crippen molar-refractivity contribution in [2.24, 2.45) is 0 Å². The Hall–Kier alpha value is -2.88. The number of rotatable bonds is 11. The van der Waals surface area contributed by atoms with Crippen LogP contribution < -0.4 is 4.65 Å². The van der Waals surface area contributed by atoms with Crippen molar-refractivity contribution in [2.75, 3.05) is 13.4 Å². The van der Waals surface area contributed by atoms with Crippen molar-refractivity contribution in [1.29, 1.82) is 0 Å². The van der Waals surface area contributed by atoms with Crippen LogP contribution in [-0.4, -0.2) is 49.2 Å². The molecule has 1 aliphatic heterocycles. The highest BCUT2D eigenvalue weighted by atomic mass is 16.8. The molecule has 2 rings (SSSR count). The average Bonchev–Trinajstić information content (AvgIpc) is 2.72. The van der Waals surface area contributed by atoms with Gasteiger partial charge in [-0.25, -0.2) is 9.59 Å². The van der Waals surface area contributed by atoms with Gasteiger partial charge in [-0.15, -0.1) is 0 Å². The van der Waals surface area contributed by atoms with Crippen LogP contribution in [0.2, 0.25) is 5.82 Å². The highest BCUT2D eigenvalue weighted by Gasteiger charge is 2.37. The molecule has 1 heterocycles. The molecule has 0 fully saturated rings. The van der Waals surface area contributed by atoms with Gasteiger partial charge in [0.25, 0.3) is 0 Å². The van der Waals surface area contributed by atoms with Crippen molar-refractivity contribution in [3.8, 4) is 5.75 Å². The summed E-state index contributed by atoms with van der Waals surface area (Å²) < 4.78 is 19.9. The van der Waals surface area contributed by atoms with Crippen molar-refractivity contribution in [3.05, 3.63) is 29.3 Å². The monoisotopic (exact) mass is 434 g/mol. The Bertz CT molecular complexity index is 808. The van der Waals surface area contributed by atoms with Gasteiger partial charge in [0, 0.05) is 25.1 Å². The second kappa shape index (κ2) is 12.1. The predicted octanol–water partition coefficient (Wildman–Crippen LogP) is 2.87. The van der Waals surface area contributed by atoms with Crippen LogP contribution in [0.15, 0.2) is 18.2 Å². The van der Waals surface area contributed by atoms with E-state index in [4.69, 9.17) is 18.9 Å². The van der Waals surface area contributed by atoms with Gasteiger partial charge in [-0.3, -0.25) is 4.79 Å². The van der Waals surface area contributed by atoms with Gasteiger partial charge >= 0.3 is 19.2 Å². The Kier molecular flexibility index (Phi) is 9.52. The number of unbranched alkanes of at least 4 members (excludes halogenated alkanes) is 1. The molecule has 1 atom stereocenters. The summed E-state index contributed by atoms with van der Waals surface area (Å²) in [5.74, 6) is -1.32. The van der Waals surface area contributed by atoms with E-state index >= 15 is 0 Å². The Morgan fingerprint density at radius 2 is 1.94 bits per heavy atom. The minimum atomic E-state index is -1.28. The molecule has 0 unspecified atom stereocenters. The number of para-hydroxylation sites is 1. The fourth-order valence-electron chi connectivity index (χ4n) is 3.08. The van der Waals surface area contributed by atoms with Gasteiger partial charge in [0.2, 0.25) is 6.79 Å². The molecule has 0 bridgehead atoms. The molecule has 0 aromatic heterocycles. The van der Waals surface area contributed by atoms with Gasteiger partial charge < -0.3 is 28.7 Å². The normalized spacial score (nSPS) is 14.8. The number of fused-ring (bicyclic) bond motifs is 1. The number of esters is 1. The summed E-state index contributed by atoms with van der Waals surface area (Å²) in [6.45, 7) is 2.97. The zero-order valence-corrected chi connectivity index (χ0v) is 17.8. The molecule has 0 amide bonds. The molecule has 1 aliphatic rings. The molecule has 0 spiro atoms. The first kappa shape index (κ1) is 24.4. The predicted molar refractivity (Wildman–Crippen MR) is 110 cm³/mol. The lowest BCUT2D eigenvalue weighted by Gasteiger charge is -2.28. The fourth-order valence-corrected chi connectivity index (χ4v) is 3.08. The molecule has 0 aliphatic carbocycles. The number of carbonyl (C=O) groups is 4. The van der Waals surface area contributed by atoms with Crippen LogP contribution in [0.5, 0.6) is 5.75 Å². The van der Waals surface area contributed by atoms with E-state index in [1.54, 1.807) is 12.1 Å². The van der Waals surface area contributed by atoms with E-state index in [0.29, 0.717) is 18.4 Å². The number of Topliss-reactive ketones (excluding diaryl/α,β-unsaturated/α-hetero) is 2. The number of ether oxygens (including phenoxy) is 3. The largest absolute Gasteiger partial charge is 0.535 e. The van der Waals surface area contributed by atoms with Crippen LogP contribution in [-0.2, 0) is 30.2 Å². The molecular formula is C21H27BO9. The number of hydrogen-bond donors (Lipinski definition) is 1. The minimum absolute atomic E-state index is 0.0660. The van der Waals surface area contributed by atoms with E-state index < -0.39 is 31.9 Å². The van der Waals surface area contributed by atoms with Gasteiger partial charge in [0.05, 0.1) is 6.61 Å². The SMILES string of the molecule is CCCCOC(=O)OCOC(=O)c1cccc2c1OB(O)[C@@H](CC(=O)CCC(C)=O)C2. The molecule has 1 aromatic carbocycles. The number of benzene rings is 1. The lowest BCUT2D eigenvalue weighted by Crippen LogP contribution is -2.36. The Morgan fingerprint density at radius 3 is 2.65 bits per heavy atom. The maximum absolute atomic E-state index is 12.4. The first-order chi connectivity index (χ1) is 14.8. The highest BCUT2D eigenvalue weighted by molar-refractivity contribution is 6.47. The number of ketones is 2. The summed E-state index contributed by atoms with van der Waals surface area (Å²) in [6, 6.07) is 4.82. The van der Waals surface area contributed by atoms with Crippen molar-refractivity contribution >= 4 is 30.8 Å². The van der Waals surface area contributed by atoms with Crippen molar-refractivity contribution < 1.29 is 43.1 Å². The molecule has 168 valence electrons. The van der Waals surface area contributed by atoms with Gasteiger partial charge in [-0.2, -0.15) is 0 Å². The third kappa shape index (κ3) is 7.71. The molecule has 0 radical (unpaired) electrons. The molecule has 10 heteroatoms. The van der Waals surface area contributed by atoms with Crippen molar-refractivity contribution in [3.63, 3.8) is 0 Å². The lowest BCUT2D eigenvalue weighted by molar-refractivity contribution is -0.123. The second-order valence-electron chi connectivity index (χ2n) is 7.36. The molecular weight excluding hydrogens is 407 g/mol. The maximum Gasteiger partial charge on any atom is 0.526 e. The number of carbonyl (C=O) groups excluding carboxylic acids is 4. The van der Waals surface area contributed by atoms with Gasteiger partial charge in [0.1, 0.15) is 22.9 Å². The Balaban J connectivity index is 1.93. The van der Waals surface area contributed by atoms with E-state index in [9.17, 15) is 24.2 Å². The first-order valence-corrected chi connectivity index (χ1v) is 10.3. The summed E-state index contributed by atoms with van der Waals surface area (Å²) in [7, 11) is -1.28. The maximum atomic E-state index is 12.4. The zero-order valence-electron chi connectivity index (χ0n) is 17.8. The molecule has 0 saturated carbocycles. The van der Waals surface area contributed by atoms with E-state index in [-0.39, 0.29) is 48.7 Å². The standard InChI is InChI=1S/C21H27BO9/c1-3-4-10-28-21(26)30-13-29-20(25)18-7-5-6-15-11-16(22(27)31-19(15)18)12-17(24)9-8-14(2)23/h5-7,16,27H,3-4,8-13H2,1-2H3/t16-/m1/s1. The third-order valence-corrected chi connectivity index (χ3v) is 4.77. The Labute approximate surface area is 181 Å². The Morgan fingerprint density at radius 1 is 1.16 bits per heavy atom. The second-order valence-corrected chi connectivity index (χ2v) is 7.36. The van der Waals surface area contributed by atoms with Crippen LogP contribution in [0.3, 0.4) is 0 Å². The molecule has 1 aromatic rings. The summed E-state index contributed by atoms with van der Waals surface area (Å²) in [4.78, 5) is 46.8. The molecule has 31 heavy (non-hydrogen) atoms. The fraction of sp³-hybridized carbons (Fsp3) is 0.524. The van der Waals surface area contributed by atoms with Crippen LogP contribution in [0.25, 0.3) is 0 Å². The van der Waals surface area contributed by atoms with Crippen molar-refractivity contribution in [1.82, 2.24) is 0 Å². The summed E-state index contributed by atoms with van der Waals surface area (Å²) in [5, 5.41) is 10.3. The third-order valence-electron chi connectivity index (χ3n) is 4.77. The van der Waals surface area contributed by atoms with Crippen LogP contribution >= 0.6 is 0 Å². The van der Waals surface area contributed by atoms with Crippen molar-refractivity contribution in [2.45, 2.75) is 58.2 Å². The number of hydrogen-bond acceptors (Lipinski definition) is 9.